The monoisotopic (exact) mass is 651 g/mol. The number of halogens is 1. The number of piperazine rings is 1. The maximum Gasteiger partial charge on any atom is 0.343 e. The quantitative estimate of drug-likeness (QED) is 0.242. The molecule has 2 saturated heterocycles. The van der Waals surface area contributed by atoms with E-state index in [2.05, 4.69) is 9.64 Å². The average molecular weight is 651 g/mol. The van der Waals surface area contributed by atoms with Crippen LogP contribution in [-0.2, 0) is 19.1 Å². The number of hydrogen-bond acceptors (Lipinski definition) is 9. The van der Waals surface area contributed by atoms with E-state index in [0.717, 1.165) is 22.3 Å². The highest BCUT2D eigenvalue weighted by molar-refractivity contribution is 14.1. The van der Waals surface area contributed by atoms with Crippen LogP contribution in [0.5, 0.6) is 11.5 Å². The highest BCUT2D eigenvalue weighted by Crippen LogP contribution is 2.37. The number of hydrogen-bond donors (Lipinski definition) is 0. The lowest BCUT2D eigenvalue weighted by molar-refractivity contribution is -0.143. The van der Waals surface area contributed by atoms with E-state index >= 15 is 0 Å². The van der Waals surface area contributed by atoms with Crippen LogP contribution in [0.1, 0.15) is 5.56 Å². The molecule has 2 fully saturated rings. The third-order valence-corrected chi connectivity index (χ3v) is 7.74. The van der Waals surface area contributed by atoms with Crippen LogP contribution in [-0.4, -0.2) is 86.4 Å². The fraction of sp³-hybridized carbons (Fsp3) is 0.308. The Morgan fingerprint density at radius 2 is 1.76 bits per heavy atom. The summed E-state index contributed by atoms with van der Waals surface area (Å²) in [5.74, 6) is -0.591. The van der Waals surface area contributed by atoms with Gasteiger partial charge in [0.2, 0.25) is 5.91 Å². The molecule has 10 nitrogen and oxygen atoms in total. The van der Waals surface area contributed by atoms with Gasteiger partial charge in [-0.05, 0) is 70.3 Å². The van der Waals surface area contributed by atoms with Gasteiger partial charge in [-0.1, -0.05) is 18.2 Å². The molecule has 12 heteroatoms. The van der Waals surface area contributed by atoms with E-state index in [0.29, 0.717) is 46.8 Å². The summed E-state index contributed by atoms with van der Waals surface area (Å²) in [4.78, 5) is 55.1. The average Bonchev–Trinajstić information content (AvgIpc) is 3.19. The van der Waals surface area contributed by atoms with E-state index in [1.807, 2.05) is 52.9 Å². The van der Waals surface area contributed by atoms with Crippen molar-refractivity contribution < 1.29 is 33.4 Å². The van der Waals surface area contributed by atoms with Gasteiger partial charge in [-0.15, -0.1) is 0 Å². The van der Waals surface area contributed by atoms with Gasteiger partial charge in [-0.2, -0.15) is 0 Å². The van der Waals surface area contributed by atoms with Gasteiger partial charge >= 0.3 is 5.97 Å². The number of para-hydroxylation sites is 1. The number of rotatable bonds is 8. The maximum atomic E-state index is 13.0. The molecule has 4 rings (SSSR count). The van der Waals surface area contributed by atoms with Gasteiger partial charge in [0, 0.05) is 31.9 Å². The number of carbonyl (C=O) groups is 4. The first kappa shape index (κ1) is 27.8. The van der Waals surface area contributed by atoms with Crippen LogP contribution < -0.4 is 14.4 Å². The third kappa shape index (κ3) is 6.41. The fourth-order valence-corrected chi connectivity index (χ4v) is 5.65. The minimum absolute atomic E-state index is 0.206. The first-order chi connectivity index (χ1) is 18.3. The van der Waals surface area contributed by atoms with Crippen molar-refractivity contribution in [2.45, 2.75) is 0 Å². The smallest absolute Gasteiger partial charge is 0.343 e. The van der Waals surface area contributed by atoms with Crippen LogP contribution in [0.25, 0.3) is 6.08 Å². The second-order valence-corrected chi connectivity index (χ2v) is 10.5. The number of thioether (sulfide) groups is 1. The van der Waals surface area contributed by atoms with Crippen molar-refractivity contribution in [2.75, 3.05) is 58.5 Å². The molecule has 0 unspecified atom stereocenters. The second-order valence-electron chi connectivity index (χ2n) is 8.37. The Labute approximate surface area is 238 Å². The number of carbonyl (C=O) groups excluding carboxylic acids is 4. The van der Waals surface area contributed by atoms with E-state index in [1.54, 1.807) is 23.1 Å². The van der Waals surface area contributed by atoms with E-state index in [1.165, 1.54) is 14.2 Å². The zero-order valence-corrected chi connectivity index (χ0v) is 23.8. The van der Waals surface area contributed by atoms with Gasteiger partial charge in [-0.3, -0.25) is 19.3 Å². The summed E-state index contributed by atoms with van der Waals surface area (Å²) in [5.41, 5.74) is 1.70. The lowest BCUT2D eigenvalue weighted by atomic mass is 10.2. The van der Waals surface area contributed by atoms with Crippen molar-refractivity contribution in [1.82, 2.24) is 9.80 Å². The summed E-state index contributed by atoms with van der Waals surface area (Å²) in [6, 6.07) is 13.4. The Bertz CT molecular complexity index is 1260. The normalized spacial score (nSPS) is 16.7. The van der Waals surface area contributed by atoms with Crippen LogP contribution >= 0.6 is 34.4 Å². The molecule has 38 heavy (non-hydrogen) atoms. The molecule has 0 N–H and O–H groups in total. The summed E-state index contributed by atoms with van der Waals surface area (Å²) in [6.07, 6.45) is 1.57. The number of esters is 1. The van der Waals surface area contributed by atoms with Crippen LogP contribution in [0.3, 0.4) is 0 Å². The molecule has 2 heterocycles. The van der Waals surface area contributed by atoms with E-state index in [4.69, 9.17) is 9.47 Å². The summed E-state index contributed by atoms with van der Waals surface area (Å²) >= 11 is 2.82. The summed E-state index contributed by atoms with van der Waals surface area (Å²) in [7, 11) is 2.73. The first-order valence-electron chi connectivity index (χ1n) is 11.7. The maximum absolute atomic E-state index is 13.0. The largest absolute Gasteiger partial charge is 0.493 e. The molecule has 2 aromatic carbocycles. The van der Waals surface area contributed by atoms with E-state index in [-0.39, 0.29) is 24.0 Å². The molecule has 0 bridgehead atoms. The van der Waals surface area contributed by atoms with Crippen molar-refractivity contribution in [3.05, 3.63) is 56.5 Å². The highest BCUT2D eigenvalue weighted by Gasteiger charge is 2.37. The molecular formula is C26H26IN3O7S. The van der Waals surface area contributed by atoms with Crippen LogP contribution in [0.4, 0.5) is 10.5 Å². The number of amides is 3. The molecule has 2 aliphatic heterocycles. The molecule has 0 atom stereocenters. The molecule has 2 aromatic rings. The molecule has 0 radical (unpaired) electrons. The van der Waals surface area contributed by atoms with Crippen molar-refractivity contribution >= 4 is 69.1 Å². The lowest BCUT2D eigenvalue weighted by Gasteiger charge is -2.36. The van der Waals surface area contributed by atoms with Crippen molar-refractivity contribution in [3.8, 4) is 11.5 Å². The summed E-state index contributed by atoms with van der Waals surface area (Å²) in [6.45, 7) is 1.81. The van der Waals surface area contributed by atoms with Gasteiger partial charge in [0.25, 0.3) is 11.1 Å². The summed E-state index contributed by atoms with van der Waals surface area (Å²) in [5, 5.41) is -0.489. The van der Waals surface area contributed by atoms with Crippen molar-refractivity contribution in [1.29, 1.82) is 0 Å². The number of anilines is 1. The van der Waals surface area contributed by atoms with Crippen molar-refractivity contribution in [2.24, 2.45) is 0 Å². The zero-order valence-electron chi connectivity index (χ0n) is 20.8. The highest BCUT2D eigenvalue weighted by atomic mass is 127. The van der Waals surface area contributed by atoms with Gasteiger partial charge in [0.1, 0.15) is 6.54 Å². The Hall–Kier alpha value is -3.26. The van der Waals surface area contributed by atoms with Gasteiger partial charge < -0.3 is 24.0 Å². The molecular weight excluding hydrogens is 625 g/mol. The fourth-order valence-electron chi connectivity index (χ4n) is 4.03. The molecule has 0 aromatic heterocycles. The zero-order chi connectivity index (χ0) is 27.2. The number of imide groups is 1. The molecule has 200 valence electrons. The molecule has 2 aliphatic rings. The van der Waals surface area contributed by atoms with Crippen LogP contribution in [0, 0.1) is 3.57 Å². The predicted octanol–water partition coefficient (Wildman–Crippen LogP) is 3.24. The molecule has 0 saturated carbocycles. The Kier molecular flexibility index (Phi) is 9.15. The Morgan fingerprint density at radius 3 is 2.42 bits per heavy atom. The minimum atomic E-state index is -0.534. The summed E-state index contributed by atoms with van der Waals surface area (Å²) < 4.78 is 16.1. The standard InChI is InChI=1S/C26H26IN3O7S/c1-35-20-13-17(12-19(27)24(20)37-16-23(32)36-2)14-21-25(33)30(26(34)38-21)15-22(31)29-10-8-28(9-11-29)18-6-4-3-5-7-18/h3-7,12-14H,8-11,15-16H2,1-2H3/b21-14+. The predicted molar refractivity (Wildman–Crippen MR) is 151 cm³/mol. The first-order valence-corrected chi connectivity index (χ1v) is 13.6. The topological polar surface area (TPSA) is 106 Å². The van der Waals surface area contributed by atoms with Crippen molar-refractivity contribution in [3.63, 3.8) is 0 Å². The number of methoxy groups -OCH3 is 2. The lowest BCUT2D eigenvalue weighted by Crippen LogP contribution is -2.51. The number of ether oxygens (including phenoxy) is 3. The number of nitrogens with zero attached hydrogens (tertiary/aromatic N) is 3. The van der Waals surface area contributed by atoms with Crippen LogP contribution in [0.15, 0.2) is 47.4 Å². The van der Waals surface area contributed by atoms with Crippen LogP contribution in [0.2, 0.25) is 0 Å². The Balaban J connectivity index is 1.40. The van der Waals surface area contributed by atoms with E-state index < -0.39 is 17.1 Å². The molecule has 3 amide bonds. The van der Waals surface area contributed by atoms with E-state index in [9.17, 15) is 19.2 Å². The minimum Gasteiger partial charge on any atom is -0.493 e. The third-order valence-electron chi connectivity index (χ3n) is 6.03. The Morgan fingerprint density at radius 1 is 1.05 bits per heavy atom. The molecule has 0 spiro atoms. The molecule has 0 aliphatic carbocycles. The van der Waals surface area contributed by atoms with Gasteiger partial charge in [-0.25, -0.2) is 4.79 Å². The van der Waals surface area contributed by atoms with Gasteiger partial charge in [0.15, 0.2) is 18.1 Å². The SMILES string of the molecule is COC(=O)COc1c(I)cc(/C=C2/SC(=O)N(CC(=O)N3CCN(c4ccccc4)CC3)C2=O)cc1OC. The second kappa shape index (κ2) is 12.5. The van der Waals surface area contributed by atoms with Gasteiger partial charge in [0.05, 0.1) is 22.7 Å². The number of benzene rings is 2.